The van der Waals surface area contributed by atoms with Crippen molar-refractivity contribution in [1.29, 1.82) is 0 Å². The van der Waals surface area contributed by atoms with Crippen molar-refractivity contribution < 1.29 is 0 Å². The molecule has 1 heteroatoms. The molecule has 0 amide bonds. The van der Waals surface area contributed by atoms with Crippen LogP contribution in [0.3, 0.4) is 0 Å². The molecule has 4 aromatic rings. The molecule has 0 spiro atoms. The van der Waals surface area contributed by atoms with Crippen LogP contribution in [0.1, 0.15) is 16.8 Å². The minimum absolute atomic E-state index is 1.03. The number of hydrogen-bond donors (Lipinski definition) is 0. The second-order valence-electron chi connectivity index (χ2n) is 6.24. The highest BCUT2D eigenvalue weighted by molar-refractivity contribution is 5.86. The minimum Gasteiger partial charge on any atom is -0.337 e. The third-order valence-corrected chi connectivity index (χ3v) is 4.68. The monoisotopic (exact) mass is 321 g/mol. The maximum atomic E-state index is 3.36. The lowest BCUT2D eigenvalue weighted by Gasteiger charge is -2.01. The van der Waals surface area contributed by atoms with Gasteiger partial charge in [-0.3, -0.25) is 0 Å². The Bertz CT molecular complexity index is 1050. The summed E-state index contributed by atoms with van der Waals surface area (Å²) in [5, 5.41) is 1.27. The molecule has 0 N–H and O–H groups in total. The normalized spacial score (nSPS) is 10.5. The molecule has 0 radical (unpaired) electrons. The van der Waals surface area contributed by atoms with Crippen LogP contribution in [-0.2, 0) is 7.05 Å². The van der Waals surface area contributed by atoms with Gasteiger partial charge in [-0.05, 0) is 47.7 Å². The fourth-order valence-corrected chi connectivity index (χ4v) is 3.27. The van der Waals surface area contributed by atoms with Crippen LogP contribution in [0, 0.1) is 18.8 Å². The number of nitrogens with zero attached hydrogens (tertiary/aromatic N) is 1. The van der Waals surface area contributed by atoms with E-state index in [-0.39, 0.29) is 0 Å². The molecule has 25 heavy (non-hydrogen) atoms. The first-order chi connectivity index (χ1) is 12.2. The van der Waals surface area contributed by atoms with Crippen LogP contribution in [0.25, 0.3) is 22.0 Å². The van der Waals surface area contributed by atoms with E-state index < -0.39 is 0 Å². The first-order valence-corrected chi connectivity index (χ1v) is 8.45. The molecule has 3 aromatic carbocycles. The molecule has 1 nitrogen and oxygen atoms in total. The molecular formula is C24H19N. The van der Waals surface area contributed by atoms with Crippen molar-refractivity contribution >= 4 is 10.9 Å². The summed E-state index contributed by atoms with van der Waals surface area (Å²) in [5.41, 5.74) is 7.02. The van der Waals surface area contributed by atoms with E-state index in [0.717, 1.165) is 11.3 Å². The fraction of sp³-hybridized carbons (Fsp3) is 0.0833. The van der Waals surface area contributed by atoms with Crippen LogP contribution in [-0.4, -0.2) is 4.57 Å². The van der Waals surface area contributed by atoms with E-state index in [1.54, 1.807) is 0 Å². The van der Waals surface area contributed by atoms with Crippen LogP contribution in [0.5, 0.6) is 0 Å². The highest BCUT2D eigenvalue weighted by Gasteiger charge is 2.08. The van der Waals surface area contributed by atoms with Crippen molar-refractivity contribution in [2.24, 2.45) is 7.05 Å². The molecule has 4 rings (SSSR count). The van der Waals surface area contributed by atoms with Gasteiger partial charge in [-0.15, -0.1) is 0 Å². The van der Waals surface area contributed by atoms with Gasteiger partial charge in [0.2, 0.25) is 0 Å². The van der Waals surface area contributed by atoms with Gasteiger partial charge >= 0.3 is 0 Å². The van der Waals surface area contributed by atoms with Gasteiger partial charge in [0.1, 0.15) is 0 Å². The summed E-state index contributed by atoms with van der Waals surface area (Å²) in [6, 6.07) is 27.3. The molecule has 0 unspecified atom stereocenters. The zero-order valence-corrected chi connectivity index (χ0v) is 14.5. The van der Waals surface area contributed by atoms with Gasteiger partial charge in [0.05, 0.1) is 5.69 Å². The Hall–Kier alpha value is -3.24. The first kappa shape index (κ1) is 15.3. The van der Waals surface area contributed by atoms with Crippen LogP contribution >= 0.6 is 0 Å². The Morgan fingerprint density at radius 2 is 1.32 bits per heavy atom. The van der Waals surface area contributed by atoms with Crippen LogP contribution in [0.15, 0.2) is 78.9 Å². The van der Waals surface area contributed by atoms with E-state index in [1.165, 1.54) is 27.6 Å². The molecule has 1 aromatic heterocycles. The third kappa shape index (κ3) is 2.84. The summed E-state index contributed by atoms with van der Waals surface area (Å²) in [6.07, 6.45) is 0. The van der Waals surface area contributed by atoms with Crippen LogP contribution in [0.2, 0.25) is 0 Å². The second-order valence-corrected chi connectivity index (χ2v) is 6.24. The zero-order valence-electron chi connectivity index (χ0n) is 14.5. The molecule has 0 saturated heterocycles. The molecule has 0 atom stereocenters. The number of rotatable bonds is 1. The zero-order chi connectivity index (χ0) is 17.2. The van der Waals surface area contributed by atoms with Gasteiger partial charge in [0.25, 0.3) is 0 Å². The molecule has 0 aliphatic rings. The highest BCUT2D eigenvalue weighted by atomic mass is 14.9. The predicted octanol–water partition coefficient (Wildman–Crippen LogP) is 5.55. The molecule has 0 aliphatic heterocycles. The molecule has 120 valence electrons. The van der Waals surface area contributed by atoms with E-state index in [9.17, 15) is 0 Å². The summed E-state index contributed by atoms with van der Waals surface area (Å²) in [5.74, 6) is 6.67. The van der Waals surface area contributed by atoms with Crippen molar-refractivity contribution in [3.8, 4) is 23.0 Å². The van der Waals surface area contributed by atoms with Crippen molar-refractivity contribution in [3.05, 3.63) is 95.7 Å². The van der Waals surface area contributed by atoms with Crippen LogP contribution in [0.4, 0.5) is 0 Å². The number of aryl methyl sites for hydroxylation is 2. The highest BCUT2D eigenvalue weighted by Crippen LogP contribution is 2.24. The number of benzene rings is 3. The lowest BCUT2D eigenvalue weighted by molar-refractivity contribution is 0.945. The van der Waals surface area contributed by atoms with Gasteiger partial charge < -0.3 is 4.57 Å². The van der Waals surface area contributed by atoms with Crippen molar-refractivity contribution in [2.75, 3.05) is 0 Å². The average Bonchev–Trinajstić information content (AvgIpc) is 2.92. The van der Waals surface area contributed by atoms with E-state index in [0.29, 0.717) is 0 Å². The smallest absolute Gasteiger partial charge is 0.0961 e. The van der Waals surface area contributed by atoms with E-state index in [1.807, 2.05) is 6.07 Å². The third-order valence-electron chi connectivity index (χ3n) is 4.68. The number of hydrogen-bond acceptors (Lipinski definition) is 0. The average molecular weight is 321 g/mol. The standard InChI is InChI=1S/C24H19N/c1-18-22-10-6-7-11-24(22)25(2)23(18)17-14-19-12-15-21(16-13-19)20-8-4-3-5-9-20/h3-13,15-16H,1-2H3. The molecule has 0 saturated carbocycles. The number of para-hydroxylation sites is 1. The Labute approximate surface area is 148 Å². The van der Waals surface area contributed by atoms with Gasteiger partial charge in [0.15, 0.2) is 0 Å². The van der Waals surface area contributed by atoms with Crippen molar-refractivity contribution in [2.45, 2.75) is 6.92 Å². The number of aromatic nitrogens is 1. The molecule has 0 fully saturated rings. The number of fused-ring (bicyclic) bond motifs is 1. The Kier molecular flexibility index (Phi) is 3.88. The molecule has 1 heterocycles. The molecular weight excluding hydrogens is 302 g/mol. The predicted molar refractivity (Wildman–Crippen MR) is 106 cm³/mol. The summed E-state index contributed by atoms with van der Waals surface area (Å²) >= 11 is 0. The van der Waals surface area contributed by atoms with E-state index in [2.05, 4.69) is 103 Å². The largest absolute Gasteiger partial charge is 0.337 e. The van der Waals surface area contributed by atoms with Gasteiger partial charge in [-0.2, -0.15) is 0 Å². The van der Waals surface area contributed by atoms with Gasteiger partial charge in [-0.25, -0.2) is 0 Å². The lowest BCUT2D eigenvalue weighted by atomic mass is 10.0. The first-order valence-electron chi connectivity index (χ1n) is 8.45. The Morgan fingerprint density at radius 3 is 2.04 bits per heavy atom. The van der Waals surface area contributed by atoms with Crippen LogP contribution < -0.4 is 0 Å². The fourth-order valence-electron chi connectivity index (χ4n) is 3.27. The lowest BCUT2D eigenvalue weighted by Crippen LogP contribution is -1.92. The van der Waals surface area contributed by atoms with Crippen molar-refractivity contribution in [3.63, 3.8) is 0 Å². The summed E-state index contributed by atoms with van der Waals surface area (Å²) in [4.78, 5) is 0. The van der Waals surface area contributed by atoms with E-state index in [4.69, 9.17) is 0 Å². The summed E-state index contributed by atoms with van der Waals surface area (Å²) < 4.78 is 2.18. The Balaban J connectivity index is 1.68. The Morgan fingerprint density at radius 1 is 0.680 bits per heavy atom. The van der Waals surface area contributed by atoms with Gasteiger partial charge in [0, 0.05) is 23.5 Å². The quantitative estimate of drug-likeness (QED) is 0.405. The molecule has 0 aliphatic carbocycles. The van der Waals surface area contributed by atoms with Crippen molar-refractivity contribution in [1.82, 2.24) is 4.57 Å². The molecule has 0 bridgehead atoms. The minimum atomic E-state index is 1.03. The maximum absolute atomic E-state index is 3.36. The van der Waals surface area contributed by atoms with E-state index >= 15 is 0 Å². The second kappa shape index (κ2) is 6.34. The maximum Gasteiger partial charge on any atom is 0.0961 e. The topological polar surface area (TPSA) is 4.93 Å². The summed E-state index contributed by atoms with van der Waals surface area (Å²) in [7, 11) is 2.08. The van der Waals surface area contributed by atoms with Gasteiger partial charge in [-0.1, -0.05) is 66.6 Å². The SMILES string of the molecule is Cc1c(C#Cc2ccc(-c3ccccc3)cc2)n(C)c2ccccc12. The summed E-state index contributed by atoms with van der Waals surface area (Å²) in [6.45, 7) is 2.14.